The summed E-state index contributed by atoms with van der Waals surface area (Å²) in [5, 5.41) is 10.4. The molecule has 4 heteroatoms. The van der Waals surface area contributed by atoms with Crippen molar-refractivity contribution >= 4 is 16.9 Å². The zero-order valence-corrected chi connectivity index (χ0v) is 11.5. The lowest BCUT2D eigenvalue weighted by atomic mass is 10.0. The Kier molecular flexibility index (Phi) is 3.79. The highest BCUT2D eigenvalue weighted by atomic mass is 16.5. The van der Waals surface area contributed by atoms with Crippen LogP contribution in [0.15, 0.2) is 30.5 Å². The Hall–Kier alpha value is -1.97. The average molecular weight is 261 g/mol. The van der Waals surface area contributed by atoms with Crippen molar-refractivity contribution in [2.75, 3.05) is 7.11 Å². The number of hydrogen-bond acceptors (Lipinski definition) is 2. The van der Waals surface area contributed by atoms with Gasteiger partial charge in [0.25, 0.3) is 0 Å². The van der Waals surface area contributed by atoms with E-state index in [1.807, 2.05) is 48.9 Å². The van der Waals surface area contributed by atoms with E-state index in [0.717, 1.165) is 16.7 Å². The van der Waals surface area contributed by atoms with Gasteiger partial charge in [-0.2, -0.15) is 0 Å². The molecule has 2 aromatic rings. The van der Waals surface area contributed by atoms with Gasteiger partial charge in [-0.15, -0.1) is 0 Å². The van der Waals surface area contributed by atoms with Gasteiger partial charge in [0.15, 0.2) is 0 Å². The van der Waals surface area contributed by atoms with Gasteiger partial charge in [-0.1, -0.05) is 13.8 Å². The molecule has 0 spiro atoms. The Bertz CT molecular complexity index is 586. The summed E-state index contributed by atoms with van der Waals surface area (Å²) < 4.78 is 7.01. The van der Waals surface area contributed by atoms with Gasteiger partial charge in [0.2, 0.25) is 0 Å². The number of hydrogen-bond donors (Lipinski definition) is 1. The van der Waals surface area contributed by atoms with Crippen LogP contribution in [0.5, 0.6) is 5.75 Å². The minimum absolute atomic E-state index is 0.330. The molecule has 0 aliphatic heterocycles. The standard InChI is InChI=1S/C15H19NO3/c1-10(2)8-14(15(17)18)16-7-6-11-9-12(19-3)4-5-13(11)16/h4-7,9-10,14H,8H2,1-3H3,(H,17,18)/t14-/m1/s1. The highest BCUT2D eigenvalue weighted by Crippen LogP contribution is 2.27. The Morgan fingerprint density at radius 2 is 2.11 bits per heavy atom. The van der Waals surface area contributed by atoms with Crippen LogP contribution in [0.2, 0.25) is 0 Å². The van der Waals surface area contributed by atoms with Crippen LogP contribution in [0.25, 0.3) is 10.9 Å². The molecule has 0 fully saturated rings. The number of methoxy groups -OCH3 is 1. The lowest BCUT2D eigenvalue weighted by Crippen LogP contribution is -2.20. The largest absolute Gasteiger partial charge is 0.497 e. The summed E-state index contributed by atoms with van der Waals surface area (Å²) in [6, 6.07) is 7.08. The number of aliphatic carboxylic acids is 1. The third kappa shape index (κ3) is 2.72. The molecule has 0 saturated carbocycles. The van der Waals surface area contributed by atoms with Gasteiger partial charge in [-0.25, -0.2) is 4.79 Å². The minimum atomic E-state index is -0.790. The molecule has 0 bridgehead atoms. The third-order valence-corrected chi connectivity index (χ3v) is 3.24. The van der Waals surface area contributed by atoms with E-state index >= 15 is 0 Å². The van der Waals surface area contributed by atoms with Crippen LogP contribution in [0, 0.1) is 5.92 Å². The average Bonchev–Trinajstić information content (AvgIpc) is 2.77. The monoisotopic (exact) mass is 261 g/mol. The van der Waals surface area contributed by atoms with Crippen molar-refractivity contribution < 1.29 is 14.6 Å². The van der Waals surface area contributed by atoms with Gasteiger partial charge < -0.3 is 14.4 Å². The van der Waals surface area contributed by atoms with Crippen LogP contribution >= 0.6 is 0 Å². The summed E-state index contributed by atoms with van der Waals surface area (Å²) in [6.07, 6.45) is 2.45. The Morgan fingerprint density at radius 1 is 1.37 bits per heavy atom. The van der Waals surface area contributed by atoms with Crippen molar-refractivity contribution in [2.45, 2.75) is 26.3 Å². The molecule has 1 heterocycles. The molecule has 0 saturated heterocycles. The molecule has 1 aromatic carbocycles. The van der Waals surface area contributed by atoms with Crippen LogP contribution in [0.3, 0.4) is 0 Å². The van der Waals surface area contributed by atoms with Gasteiger partial charge in [0, 0.05) is 17.1 Å². The summed E-state index contributed by atoms with van der Waals surface area (Å²) in [5.41, 5.74) is 0.925. The van der Waals surface area contributed by atoms with Crippen molar-refractivity contribution in [2.24, 2.45) is 5.92 Å². The molecule has 4 nitrogen and oxygen atoms in total. The van der Waals surface area contributed by atoms with Crippen LogP contribution in [0.4, 0.5) is 0 Å². The van der Waals surface area contributed by atoms with Gasteiger partial charge in [-0.3, -0.25) is 0 Å². The second-order valence-corrected chi connectivity index (χ2v) is 5.13. The predicted octanol–water partition coefficient (Wildman–Crippen LogP) is 3.32. The Labute approximate surface area is 112 Å². The zero-order valence-electron chi connectivity index (χ0n) is 11.5. The Balaban J connectivity index is 2.45. The van der Waals surface area contributed by atoms with Gasteiger partial charge >= 0.3 is 5.97 Å². The number of ether oxygens (including phenoxy) is 1. The molecule has 0 amide bonds. The summed E-state index contributed by atoms with van der Waals surface area (Å²) in [5.74, 6) is 0.319. The lowest BCUT2D eigenvalue weighted by molar-refractivity contribution is -0.141. The SMILES string of the molecule is COc1ccc2c(ccn2[C@H](CC(C)C)C(=O)O)c1. The number of carbonyl (C=O) groups is 1. The van der Waals surface area contributed by atoms with E-state index in [1.54, 1.807) is 7.11 Å². The van der Waals surface area contributed by atoms with Crippen molar-refractivity contribution in [3.63, 3.8) is 0 Å². The van der Waals surface area contributed by atoms with Gasteiger partial charge in [0.1, 0.15) is 11.8 Å². The number of carboxylic acids is 1. The number of benzene rings is 1. The molecular weight excluding hydrogens is 242 g/mol. The maximum Gasteiger partial charge on any atom is 0.326 e. The molecule has 0 unspecified atom stereocenters. The first-order valence-corrected chi connectivity index (χ1v) is 6.40. The minimum Gasteiger partial charge on any atom is -0.497 e. The van der Waals surface area contributed by atoms with E-state index in [-0.39, 0.29) is 0 Å². The van der Waals surface area contributed by atoms with Crippen molar-refractivity contribution in [1.82, 2.24) is 4.57 Å². The molecule has 1 atom stereocenters. The molecule has 0 radical (unpaired) electrons. The lowest BCUT2D eigenvalue weighted by Gasteiger charge is -2.18. The van der Waals surface area contributed by atoms with Gasteiger partial charge in [-0.05, 0) is 36.6 Å². The smallest absolute Gasteiger partial charge is 0.326 e. The highest BCUT2D eigenvalue weighted by Gasteiger charge is 2.21. The van der Waals surface area contributed by atoms with Crippen LogP contribution in [0.1, 0.15) is 26.3 Å². The molecular formula is C15H19NO3. The van der Waals surface area contributed by atoms with Crippen molar-refractivity contribution in [3.05, 3.63) is 30.5 Å². The molecule has 19 heavy (non-hydrogen) atoms. The van der Waals surface area contributed by atoms with E-state index in [0.29, 0.717) is 12.3 Å². The van der Waals surface area contributed by atoms with Crippen molar-refractivity contribution in [3.8, 4) is 5.75 Å². The number of nitrogens with zero attached hydrogens (tertiary/aromatic N) is 1. The van der Waals surface area contributed by atoms with E-state index in [2.05, 4.69) is 0 Å². The summed E-state index contributed by atoms with van der Waals surface area (Å²) in [4.78, 5) is 11.5. The van der Waals surface area contributed by atoms with E-state index in [9.17, 15) is 9.90 Å². The number of aromatic nitrogens is 1. The van der Waals surface area contributed by atoms with E-state index in [1.165, 1.54) is 0 Å². The molecule has 0 aliphatic carbocycles. The van der Waals surface area contributed by atoms with Crippen LogP contribution in [-0.2, 0) is 4.79 Å². The topological polar surface area (TPSA) is 51.5 Å². The van der Waals surface area contributed by atoms with E-state index in [4.69, 9.17) is 4.74 Å². The second kappa shape index (κ2) is 5.34. The fourth-order valence-electron chi connectivity index (χ4n) is 2.32. The fourth-order valence-corrected chi connectivity index (χ4v) is 2.32. The van der Waals surface area contributed by atoms with E-state index < -0.39 is 12.0 Å². The molecule has 1 N–H and O–H groups in total. The van der Waals surface area contributed by atoms with Crippen molar-refractivity contribution in [1.29, 1.82) is 0 Å². The summed E-state index contributed by atoms with van der Waals surface area (Å²) >= 11 is 0. The van der Waals surface area contributed by atoms with Crippen LogP contribution in [-0.4, -0.2) is 22.8 Å². The molecule has 1 aromatic heterocycles. The normalized spacial score (nSPS) is 12.8. The maximum atomic E-state index is 11.5. The quantitative estimate of drug-likeness (QED) is 0.898. The first-order valence-electron chi connectivity index (χ1n) is 6.40. The molecule has 2 rings (SSSR count). The second-order valence-electron chi connectivity index (χ2n) is 5.13. The first-order chi connectivity index (χ1) is 9.02. The molecule has 102 valence electrons. The third-order valence-electron chi connectivity index (χ3n) is 3.24. The number of fused-ring (bicyclic) bond motifs is 1. The highest BCUT2D eigenvalue weighted by molar-refractivity contribution is 5.84. The predicted molar refractivity (Wildman–Crippen MR) is 74.6 cm³/mol. The zero-order chi connectivity index (χ0) is 14.0. The first kappa shape index (κ1) is 13.5. The fraction of sp³-hybridized carbons (Fsp3) is 0.400. The Morgan fingerprint density at radius 3 is 2.68 bits per heavy atom. The van der Waals surface area contributed by atoms with Crippen LogP contribution < -0.4 is 4.74 Å². The number of rotatable bonds is 5. The molecule has 0 aliphatic rings. The maximum absolute atomic E-state index is 11.5. The van der Waals surface area contributed by atoms with Gasteiger partial charge in [0.05, 0.1) is 7.11 Å². The summed E-state index contributed by atoms with van der Waals surface area (Å²) in [6.45, 7) is 4.06. The summed E-state index contributed by atoms with van der Waals surface area (Å²) in [7, 11) is 1.62. The number of carboxylic acid groups (broad SMARTS) is 1.